The van der Waals surface area contributed by atoms with Gasteiger partial charge in [-0.25, -0.2) is 4.79 Å². The molecule has 2 aliphatic heterocycles. The summed E-state index contributed by atoms with van der Waals surface area (Å²) in [5, 5.41) is 6.24. The number of carbonyl (C=O) groups excluding carboxylic acids is 3. The van der Waals surface area contributed by atoms with Crippen molar-refractivity contribution >= 4 is 49.5 Å². The molecule has 10 nitrogen and oxygen atoms in total. The molecule has 1 saturated heterocycles. The minimum absolute atomic E-state index is 0.0292. The van der Waals surface area contributed by atoms with Gasteiger partial charge in [-0.05, 0) is 69.0 Å². The van der Waals surface area contributed by atoms with Gasteiger partial charge in [-0.3, -0.25) is 13.8 Å². The fraction of sp³-hybridized carbons (Fsp3) is 0.469. The molecule has 0 spiro atoms. The van der Waals surface area contributed by atoms with Crippen molar-refractivity contribution in [1.29, 1.82) is 0 Å². The van der Waals surface area contributed by atoms with Gasteiger partial charge in [0.2, 0.25) is 11.8 Å². The third-order valence-corrected chi connectivity index (χ3v) is 10.3. The molecule has 3 aliphatic rings. The van der Waals surface area contributed by atoms with E-state index < -0.39 is 45.7 Å². The average Bonchev–Trinajstić information content (AvgIpc) is 3.54. The predicted molar refractivity (Wildman–Crippen MR) is 168 cm³/mol. The smallest absolute Gasteiger partial charge is 0.332 e. The number of benzene rings is 2. The van der Waals surface area contributed by atoms with E-state index in [0.717, 1.165) is 31.4 Å². The number of nitrogens with zero attached hydrogens (tertiary/aromatic N) is 1. The summed E-state index contributed by atoms with van der Waals surface area (Å²) < 4.78 is 38.0. The molecule has 1 saturated carbocycles. The highest BCUT2D eigenvalue weighted by atomic mass is 79.9. The number of para-hydroxylation sites is 1. The second-order valence-electron chi connectivity index (χ2n) is 11.5. The number of nitrogens with one attached hydrogen (secondary N) is 2. The normalized spacial score (nSPS) is 28.5. The molecule has 2 aromatic rings. The molecule has 0 bridgehead atoms. The summed E-state index contributed by atoms with van der Waals surface area (Å²) in [6.07, 6.45) is 7.34. The zero-order valence-electron chi connectivity index (χ0n) is 24.6. The number of halogens is 1. The van der Waals surface area contributed by atoms with Gasteiger partial charge in [0, 0.05) is 29.0 Å². The fourth-order valence-corrected chi connectivity index (χ4v) is 7.29. The number of hydrogen-bond donors (Lipinski definition) is 2. The van der Waals surface area contributed by atoms with Crippen molar-refractivity contribution < 1.29 is 31.7 Å². The monoisotopic (exact) mass is 687 g/mol. The van der Waals surface area contributed by atoms with Gasteiger partial charge >= 0.3 is 5.97 Å². The van der Waals surface area contributed by atoms with Crippen molar-refractivity contribution in [3.05, 3.63) is 71.2 Å². The molecule has 5 atom stereocenters. The van der Waals surface area contributed by atoms with Crippen LogP contribution in [0.5, 0.6) is 0 Å². The second-order valence-corrected chi connectivity index (χ2v) is 14.0. The van der Waals surface area contributed by atoms with Crippen molar-refractivity contribution in [3.8, 4) is 0 Å². The SMILES string of the molecule is CCOC(=O)[C@@]12C[C@H]1/C=C\CCCCC[C@H](Nc1ccccc1)C(=O)N1C[C@@H](OS(=O)(=O)c3ccc(Br)cc3)C[C@H]1C(=O)N2. The van der Waals surface area contributed by atoms with E-state index in [2.05, 4.69) is 26.6 Å². The Hall–Kier alpha value is -3.22. The van der Waals surface area contributed by atoms with Gasteiger partial charge in [-0.2, -0.15) is 8.42 Å². The first-order valence-electron chi connectivity index (χ1n) is 15.1. The largest absolute Gasteiger partial charge is 0.464 e. The maximum Gasteiger partial charge on any atom is 0.332 e. The molecule has 2 heterocycles. The van der Waals surface area contributed by atoms with Crippen LogP contribution >= 0.6 is 15.9 Å². The summed E-state index contributed by atoms with van der Waals surface area (Å²) in [6, 6.07) is 13.7. The lowest BCUT2D eigenvalue weighted by molar-refractivity contribution is -0.150. The van der Waals surface area contributed by atoms with E-state index in [1.807, 2.05) is 42.5 Å². The van der Waals surface area contributed by atoms with Crippen molar-refractivity contribution in [2.75, 3.05) is 18.5 Å². The number of amides is 2. The Kier molecular flexibility index (Phi) is 10.1. The zero-order chi connectivity index (χ0) is 31.3. The van der Waals surface area contributed by atoms with Crippen LogP contribution in [0.15, 0.2) is 76.1 Å². The number of allylic oxidation sites excluding steroid dienone is 1. The first-order chi connectivity index (χ1) is 21.1. The molecule has 0 aromatic heterocycles. The van der Waals surface area contributed by atoms with Crippen LogP contribution in [0.25, 0.3) is 0 Å². The number of rotatable bonds is 7. The van der Waals surface area contributed by atoms with Gasteiger partial charge in [-0.1, -0.05) is 59.1 Å². The van der Waals surface area contributed by atoms with E-state index in [-0.39, 0.29) is 36.3 Å². The summed E-state index contributed by atoms with van der Waals surface area (Å²) in [4.78, 5) is 42.6. The lowest BCUT2D eigenvalue weighted by atomic mass is 10.0. The first kappa shape index (κ1) is 32.2. The third kappa shape index (κ3) is 7.35. The van der Waals surface area contributed by atoms with Crippen LogP contribution in [0.2, 0.25) is 0 Å². The van der Waals surface area contributed by atoms with Gasteiger partial charge in [0.1, 0.15) is 17.6 Å². The highest BCUT2D eigenvalue weighted by Crippen LogP contribution is 2.46. The highest BCUT2D eigenvalue weighted by Gasteiger charge is 2.62. The number of hydrogen-bond acceptors (Lipinski definition) is 8. The molecular formula is C32H38BrN3O7S. The van der Waals surface area contributed by atoms with Crippen LogP contribution in [0, 0.1) is 5.92 Å². The number of fused-ring (bicyclic) bond motifs is 2. The molecule has 12 heteroatoms. The van der Waals surface area contributed by atoms with E-state index in [9.17, 15) is 22.8 Å². The van der Waals surface area contributed by atoms with E-state index in [4.69, 9.17) is 8.92 Å². The van der Waals surface area contributed by atoms with Gasteiger partial charge in [-0.15, -0.1) is 0 Å². The summed E-state index contributed by atoms with van der Waals surface area (Å²) in [5.41, 5.74) is -0.456. The summed E-state index contributed by atoms with van der Waals surface area (Å²) >= 11 is 3.30. The summed E-state index contributed by atoms with van der Waals surface area (Å²) in [7, 11) is -4.18. The molecule has 5 rings (SSSR count). The van der Waals surface area contributed by atoms with Gasteiger partial charge in [0.05, 0.1) is 17.6 Å². The molecule has 236 valence electrons. The standard InChI is InChI=1S/C32H38BrN3O7S/c1-2-42-31(39)32-20-22(32)11-7-4-3-5-10-14-27(34-24-12-8-6-9-13-24)30(38)36-21-25(19-28(36)29(37)35-32)43-44(40,41)26-17-15-23(33)16-18-26/h6-9,11-13,15-18,22,25,27-28,34H,2-5,10,14,19-21H2,1H3,(H,35,37)/b11-7-/t22-,25+,27+,28+,32-/m1/s1. The fourth-order valence-electron chi connectivity index (χ4n) is 5.95. The quantitative estimate of drug-likeness (QED) is 0.246. The van der Waals surface area contributed by atoms with Gasteiger partial charge < -0.3 is 20.3 Å². The Bertz CT molecular complexity index is 1480. The van der Waals surface area contributed by atoms with E-state index in [1.165, 1.54) is 17.0 Å². The van der Waals surface area contributed by atoms with Crippen LogP contribution in [0.4, 0.5) is 5.69 Å². The van der Waals surface area contributed by atoms with Crippen LogP contribution in [0.3, 0.4) is 0 Å². The van der Waals surface area contributed by atoms with Crippen LogP contribution in [-0.4, -0.2) is 68.0 Å². The molecule has 2 aromatic carbocycles. The van der Waals surface area contributed by atoms with Crippen molar-refractivity contribution in [3.63, 3.8) is 0 Å². The minimum Gasteiger partial charge on any atom is -0.464 e. The third-order valence-electron chi connectivity index (χ3n) is 8.36. The van der Waals surface area contributed by atoms with E-state index >= 15 is 0 Å². The minimum atomic E-state index is -4.18. The zero-order valence-corrected chi connectivity index (χ0v) is 27.0. The van der Waals surface area contributed by atoms with Crippen molar-refractivity contribution in [2.45, 2.75) is 80.5 Å². The highest BCUT2D eigenvalue weighted by molar-refractivity contribution is 9.10. The van der Waals surface area contributed by atoms with E-state index in [1.54, 1.807) is 19.1 Å². The van der Waals surface area contributed by atoms with Gasteiger partial charge in [0.25, 0.3) is 10.1 Å². The molecule has 0 unspecified atom stereocenters. The number of ether oxygens (including phenoxy) is 1. The van der Waals surface area contributed by atoms with E-state index in [0.29, 0.717) is 17.3 Å². The molecule has 2 amide bonds. The van der Waals surface area contributed by atoms with Crippen LogP contribution < -0.4 is 10.6 Å². The number of esters is 1. The molecule has 1 aliphatic carbocycles. The topological polar surface area (TPSA) is 131 Å². The lowest BCUT2D eigenvalue weighted by Crippen LogP contribution is -2.55. The maximum atomic E-state index is 14.2. The lowest BCUT2D eigenvalue weighted by Gasteiger charge is -2.30. The molecule has 2 N–H and O–H groups in total. The Morgan fingerprint density at radius 2 is 1.84 bits per heavy atom. The van der Waals surface area contributed by atoms with Crippen LogP contribution in [0.1, 0.15) is 51.9 Å². The molecule has 2 fully saturated rings. The Labute approximate surface area is 266 Å². The average molecular weight is 689 g/mol. The molecule has 0 radical (unpaired) electrons. The first-order valence-corrected chi connectivity index (χ1v) is 17.3. The number of carbonyl (C=O) groups is 3. The Balaban J connectivity index is 1.45. The second kappa shape index (κ2) is 13.8. The Morgan fingerprint density at radius 1 is 1.09 bits per heavy atom. The van der Waals surface area contributed by atoms with Crippen molar-refractivity contribution in [2.24, 2.45) is 5.92 Å². The number of anilines is 1. The Morgan fingerprint density at radius 3 is 2.57 bits per heavy atom. The molecular weight excluding hydrogens is 650 g/mol. The van der Waals surface area contributed by atoms with Crippen molar-refractivity contribution in [1.82, 2.24) is 10.2 Å². The summed E-state index contributed by atoms with van der Waals surface area (Å²) in [6.45, 7) is 1.77. The van der Waals surface area contributed by atoms with Crippen LogP contribution in [-0.2, 0) is 33.4 Å². The summed E-state index contributed by atoms with van der Waals surface area (Å²) in [5.74, 6) is -1.61. The molecule has 44 heavy (non-hydrogen) atoms. The van der Waals surface area contributed by atoms with Gasteiger partial charge in [0.15, 0.2) is 0 Å². The predicted octanol–water partition coefficient (Wildman–Crippen LogP) is 4.56. The maximum absolute atomic E-state index is 14.2.